The van der Waals surface area contributed by atoms with Crippen LogP contribution in [0.5, 0.6) is 0 Å². The van der Waals surface area contributed by atoms with E-state index in [4.69, 9.17) is 5.11 Å². The Morgan fingerprint density at radius 3 is 2.30 bits per heavy atom. The first kappa shape index (κ1) is 8.63. The van der Waals surface area contributed by atoms with Crippen molar-refractivity contribution in [3.8, 4) is 34.4 Å². The molecule has 0 saturated heterocycles. The summed E-state index contributed by atoms with van der Waals surface area (Å²) in [7, 11) is 0. The summed E-state index contributed by atoms with van der Waals surface area (Å²) in [6.07, 6.45) is 0. The van der Waals surface area contributed by atoms with Crippen molar-refractivity contribution >= 4 is 21.9 Å². The molecule has 0 aliphatic carbocycles. The van der Waals surface area contributed by atoms with Crippen molar-refractivity contribution in [3.63, 3.8) is 0 Å². The highest BCUT2D eigenvalue weighted by atomic mass is 79.9. The Balaban J connectivity index is 3.98. The van der Waals surface area contributed by atoms with Crippen LogP contribution in [0.1, 0.15) is 0 Å². The topological polar surface area (TPSA) is 37.3 Å². The molecule has 0 aromatic heterocycles. The zero-order valence-corrected chi connectivity index (χ0v) is 6.32. The van der Waals surface area contributed by atoms with Gasteiger partial charge in [0.2, 0.25) is 0 Å². The van der Waals surface area contributed by atoms with Crippen LogP contribution in [0, 0.1) is 34.4 Å². The zero-order valence-electron chi connectivity index (χ0n) is 4.73. The molecule has 0 saturated carbocycles. The van der Waals surface area contributed by atoms with E-state index in [9.17, 15) is 4.79 Å². The molecule has 0 atom stereocenters. The van der Waals surface area contributed by atoms with Gasteiger partial charge in [0.15, 0.2) is 0 Å². The number of carboxylic acids is 1. The molecular formula is C7HBrO2. The molecule has 0 heterocycles. The number of rotatable bonds is 0. The second-order valence-electron chi connectivity index (χ2n) is 1.02. The summed E-state index contributed by atoms with van der Waals surface area (Å²) in [6.45, 7) is 0. The monoisotopic (exact) mass is 196 g/mol. The minimum absolute atomic E-state index is 1.19. The molecule has 0 bridgehead atoms. The predicted octanol–water partition coefficient (Wildman–Crippen LogP) is 0.434. The molecule has 0 rings (SSSR count). The summed E-state index contributed by atoms with van der Waals surface area (Å²) in [5, 5.41) is 7.98. The maximum atomic E-state index is 9.75. The van der Waals surface area contributed by atoms with Crippen LogP contribution in [0.25, 0.3) is 0 Å². The van der Waals surface area contributed by atoms with Gasteiger partial charge in [0, 0.05) is 21.9 Å². The van der Waals surface area contributed by atoms with Crippen molar-refractivity contribution in [2.24, 2.45) is 0 Å². The lowest BCUT2D eigenvalue weighted by atomic mass is 10.5. The van der Waals surface area contributed by atoms with Crippen molar-refractivity contribution in [1.29, 1.82) is 0 Å². The minimum atomic E-state index is -1.19. The van der Waals surface area contributed by atoms with Crippen molar-refractivity contribution < 1.29 is 9.90 Å². The predicted molar refractivity (Wildman–Crippen MR) is 39.9 cm³/mol. The molecule has 0 aliphatic heterocycles. The van der Waals surface area contributed by atoms with E-state index in [1.807, 2.05) is 5.92 Å². The highest BCUT2D eigenvalue weighted by Gasteiger charge is 1.78. The van der Waals surface area contributed by atoms with Crippen LogP contribution in [0.2, 0.25) is 0 Å². The first-order valence-corrected chi connectivity index (χ1v) is 2.91. The number of carboxylic acid groups (broad SMARTS) is 1. The van der Waals surface area contributed by atoms with E-state index < -0.39 is 5.97 Å². The van der Waals surface area contributed by atoms with E-state index in [-0.39, 0.29) is 0 Å². The Morgan fingerprint density at radius 2 is 1.80 bits per heavy atom. The lowest BCUT2D eigenvalue weighted by Crippen LogP contribution is -1.85. The van der Waals surface area contributed by atoms with E-state index >= 15 is 0 Å². The minimum Gasteiger partial charge on any atom is -0.472 e. The number of hydrogen-bond acceptors (Lipinski definition) is 1. The SMILES string of the molecule is O=C(O)C#CC#CC#CBr. The summed E-state index contributed by atoms with van der Waals surface area (Å²) < 4.78 is 0. The van der Waals surface area contributed by atoms with E-state index in [2.05, 4.69) is 44.4 Å². The Kier molecular flexibility index (Phi) is 4.97. The average molecular weight is 197 g/mol. The van der Waals surface area contributed by atoms with E-state index in [0.29, 0.717) is 0 Å². The van der Waals surface area contributed by atoms with Crippen molar-refractivity contribution in [1.82, 2.24) is 0 Å². The molecular weight excluding hydrogens is 196 g/mol. The molecule has 0 amide bonds. The summed E-state index contributed by atoms with van der Waals surface area (Å²) in [5.74, 6) is 9.56. The standard InChI is InChI=1S/C7HBrO2/c8-6-4-2-1-3-5-7(9)10/h(H,9,10). The third-order valence-electron chi connectivity index (χ3n) is 0.404. The second-order valence-corrected chi connectivity index (χ2v) is 1.42. The molecule has 0 aromatic rings. The largest absolute Gasteiger partial charge is 0.472 e. The number of carbonyl (C=O) groups is 1. The normalized spacial score (nSPS) is 4.90. The van der Waals surface area contributed by atoms with Crippen LogP contribution in [0.15, 0.2) is 0 Å². The summed E-state index contributed by atoms with van der Waals surface area (Å²) in [4.78, 5) is 12.1. The lowest BCUT2D eigenvalue weighted by Gasteiger charge is -1.63. The fourth-order valence-corrected chi connectivity index (χ4v) is 0.270. The smallest absolute Gasteiger partial charge is 0.382 e. The Bertz CT molecular complexity index is 298. The molecule has 0 fully saturated rings. The van der Waals surface area contributed by atoms with Gasteiger partial charge in [-0.2, -0.15) is 0 Å². The van der Waals surface area contributed by atoms with Crippen LogP contribution in [-0.4, -0.2) is 11.1 Å². The Morgan fingerprint density at radius 1 is 1.20 bits per heavy atom. The maximum Gasteiger partial charge on any atom is 0.382 e. The first-order chi connectivity index (χ1) is 4.77. The van der Waals surface area contributed by atoms with Crippen LogP contribution in [0.4, 0.5) is 0 Å². The molecule has 0 radical (unpaired) electrons. The quantitative estimate of drug-likeness (QED) is 0.572. The molecule has 2 nitrogen and oxygen atoms in total. The van der Waals surface area contributed by atoms with Gasteiger partial charge in [-0.15, -0.1) is 0 Å². The molecule has 48 valence electrons. The Hall–Kier alpha value is -1.37. The van der Waals surface area contributed by atoms with Gasteiger partial charge in [-0.3, -0.25) is 0 Å². The van der Waals surface area contributed by atoms with Crippen molar-refractivity contribution in [3.05, 3.63) is 0 Å². The number of halogens is 1. The van der Waals surface area contributed by atoms with Crippen LogP contribution in [0.3, 0.4) is 0 Å². The van der Waals surface area contributed by atoms with Crippen LogP contribution < -0.4 is 0 Å². The van der Waals surface area contributed by atoms with Gasteiger partial charge < -0.3 is 5.11 Å². The number of aliphatic carboxylic acids is 1. The fourth-order valence-electron chi connectivity index (χ4n) is 0.171. The number of hydrogen-bond donors (Lipinski definition) is 1. The molecule has 0 spiro atoms. The third-order valence-corrected chi connectivity index (χ3v) is 0.602. The highest BCUT2D eigenvalue weighted by molar-refractivity contribution is 9.12. The van der Waals surface area contributed by atoms with Crippen LogP contribution >= 0.6 is 15.9 Å². The van der Waals surface area contributed by atoms with Gasteiger partial charge >= 0.3 is 5.97 Å². The molecule has 3 heteroatoms. The Labute approximate surface area is 66.7 Å². The fraction of sp³-hybridized carbons (Fsp3) is 0. The van der Waals surface area contributed by atoms with Crippen molar-refractivity contribution in [2.45, 2.75) is 0 Å². The molecule has 0 aliphatic rings. The van der Waals surface area contributed by atoms with Gasteiger partial charge in [-0.25, -0.2) is 4.79 Å². The summed E-state index contributed by atoms with van der Waals surface area (Å²) in [6, 6.07) is 0. The molecule has 1 N–H and O–H groups in total. The van der Waals surface area contributed by atoms with E-state index in [1.54, 1.807) is 0 Å². The van der Waals surface area contributed by atoms with E-state index in [0.717, 1.165) is 0 Å². The first-order valence-electron chi connectivity index (χ1n) is 2.12. The van der Waals surface area contributed by atoms with E-state index in [1.165, 1.54) is 0 Å². The second kappa shape index (κ2) is 5.76. The van der Waals surface area contributed by atoms with Gasteiger partial charge in [0.05, 0.1) is 0 Å². The maximum absolute atomic E-state index is 9.75. The average Bonchev–Trinajstić information content (AvgIpc) is 1.87. The van der Waals surface area contributed by atoms with Gasteiger partial charge in [0.1, 0.15) is 0 Å². The molecule has 10 heavy (non-hydrogen) atoms. The molecule has 0 aromatic carbocycles. The summed E-state index contributed by atoms with van der Waals surface area (Å²) in [5.41, 5.74) is 0. The lowest BCUT2D eigenvalue weighted by molar-refractivity contribution is -0.130. The van der Waals surface area contributed by atoms with Gasteiger partial charge in [-0.05, 0) is 28.5 Å². The molecule has 0 unspecified atom stereocenters. The zero-order chi connectivity index (χ0) is 7.82. The third kappa shape index (κ3) is 6.63. The van der Waals surface area contributed by atoms with Gasteiger partial charge in [-0.1, -0.05) is 0 Å². The van der Waals surface area contributed by atoms with Crippen molar-refractivity contribution in [2.75, 3.05) is 0 Å². The summed E-state index contributed by atoms with van der Waals surface area (Å²) >= 11 is 2.80. The van der Waals surface area contributed by atoms with Gasteiger partial charge in [0.25, 0.3) is 0 Å². The van der Waals surface area contributed by atoms with Crippen LogP contribution in [-0.2, 0) is 4.79 Å². The highest BCUT2D eigenvalue weighted by Crippen LogP contribution is 1.65.